The van der Waals surface area contributed by atoms with Crippen molar-refractivity contribution in [2.45, 2.75) is 18.4 Å². The highest BCUT2D eigenvalue weighted by molar-refractivity contribution is 7.90. The molecule has 7 heteroatoms. The van der Waals surface area contributed by atoms with Crippen LogP contribution in [0.2, 0.25) is 5.02 Å². The number of aromatic nitrogens is 1. The Morgan fingerprint density at radius 3 is 2.74 bits per heavy atom. The topological polar surface area (TPSA) is 59.1 Å². The van der Waals surface area contributed by atoms with E-state index in [1.54, 1.807) is 17.4 Å². The van der Waals surface area contributed by atoms with Crippen molar-refractivity contribution in [2.75, 3.05) is 11.6 Å². The summed E-state index contributed by atoms with van der Waals surface area (Å²) in [6.45, 7) is 2.45. The predicted molar refractivity (Wildman–Crippen MR) is 78.7 cm³/mol. The number of nitrogens with one attached hydrogen (secondary N) is 1. The lowest BCUT2D eigenvalue weighted by molar-refractivity contribution is 0.602. The highest BCUT2D eigenvalue weighted by Crippen LogP contribution is 2.26. The van der Waals surface area contributed by atoms with Crippen molar-refractivity contribution in [2.24, 2.45) is 0 Å². The zero-order valence-electron chi connectivity index (χ0n) is 10.5. The Balaban J connectivity index is 2.20. The van der Waals surface area contributed by atoms with E-state index in [1.165, 1.54) is 18.4 Å². The molecule has 0 aliphatic rings. The van der Waals surface area contributed by atoms with Crippen LogP contribution in [0.5, 0.6) is 0 Å². The molecule has 1 N–H and O–H groups in total. The highest BCUT2D eigenvalue weighted by Gasteiger charge is 2.10. The van der Waals surface area contributed by atoms with Crippen molar-refractivity contribution in [1.29, 1.82) is 0 Å². The van der Waals surface area contributed by atoms with Crippen LogP contribution in [0.25, 0.3) is 0 Å². The summed E-state index contributed by atoms with van der Waals surface area (Å²) in [5.74, 6) is 0. The van der Waals surface area contributed by atoms with Crippen molar-refractivity contribution >= 4 is 38.5 Å². The normalized spacial score (nSPS) is 11.5. The second-order valence-corrected chi connectivity index (χ2v) is 7.52. The third kappa shape index (κ3) is 3.68. The van der Waals surface area contributed by atoms with E-state index >= 15 is 0 Å². The standard InChI is InChI=1S/C12H13ClN2O2S2/c1-8-7-18-12(15-8)6-14-11-5-9(19(2,16)17)3-4-10(11)13/h3-5,7,14H,6H2,1-2H3. The first-order valence-corrected chi connectivity index (χ1v) is 8.65. The predicted octanol–water partition coefficient (Wildman–Crippen LogP) is 3.12. The molecular formula is C12H13ClN2O2S2. The molecule has 0 fully saturated rings. The molecule has 0 saturated carbocycles. The monoisotopic (exact) mass is 316 g/mol. The summed E-state index contributed by atoms with van der Waals surface area (Å²) in [5.41, 5.74) is 1.57. The van der Waals surface area contributed by atoms with Crippen molar-refractivity contribution < 1.29 is 8.42 Å². The molecule has 2 aromatic rings. The summed E-state index contributed by atoms with van der Waals surface area (Å²) in [6, 6.07) is 4.61. The van der Waals surface area contributed by atoms with Crippen LogP contribution in [0.4, 0.5) is 5.69 Å². The number of sulfone groups is 1. The molecule has 0 spiro atoms. The Morgan fingerprint density at radius 1 is 1.42 bits per heavy atom. The number of aryl methyl sites for hydroxylation is 1. The molecule has 0 bridgehead atoms. The molecule has 4 nitrogen and oxygen atoms in total. The van der Waals surface area contributed by atoms with E-state index in [2.05, 4.69) is 10.3 Å². The van der Waals surface area contributed by atoms with E-state index in [9.17, 15) is 8.42 Å². The van der Waals surface area contributed by atoms with Gasteiger partial charge < -0.3 is 5.32 Å². The molecule has 1 aromatic heterocycles. The molecule has 0 unspecified atom stereocenters. The Labute approximate surface area is 121 Å². The van der Waals surface area contributed by atoms with Crippen LogP contribution in [-0.2, 0) is 16.4 Å². The molecule has 0 aliphatic heterocycles. The van der Waals surface area contributed by atoms with Crippen LogP contribution in [-0.4, -0.2) is 19.7 Å². The molecule has 2 rings (SSSR count). The van der Waals surface area contributed by atoms with Gasteiger partial charge in [0.05, 0.1) is 22.2 Å². The average Bonchev–Trinajstić information content (AvgIpc) is 2.72. The quantitative estimate of drug-likeness (QED) is 0.941. The SMILES string of the molecule is Cc1csc(CNc2cc(S(C)(=O)=O)ccc2Cl)n1. The first-order valence-electron chi connectivity index (χ1n) is 5.51. The molecule has 0 saturated heterocycles. The molecule has 0 amide bonds. The van der Waals surface area contributed by atoms with Crippen LogP contribution in [0.1, 0.15) is 10.7 Å². The van der Waals surface area contributed by atoms with Crippen LogP contribution < -0.4 is 5.32 Å². The van der Waals surface area contributed by atoms with Gasteiger partial charge in [0, 0.05) is 17.3 Å². The van der Waals surface area contributed by atoms with Crippen molar-refractivity contribution in [3.8, 4) is 0 Å². The molecule has 1 heterocycles. The minimum Gasteiger partial charge on any atom is -0.377 e. The fourth-order valence-electron chi connectivity index (χ4n) is 1.53. The van der Waals surface area contributed by atoms with E-state index in [4.69, 9.17) is 11.6 Å². The van der Waals surface area contributed by atoms with Crippen LogP contribution in [0, 0.1) is 6.92 Å². The smallest absolute Gasteiger partial charge is 0.175 e. The van der Waals surface area contributed by atoms with Gasteiger partial charge in [0.25, 0.3) is 0 Å². The number of hydrogen-bond acceptors (Lipinski definition) is 5. The van der Waals surface area contributed by atoms with Gasteiger partial charge >= 0.3 is 0 Å². The van der Waals surface area contributed by atoms with Gasteiger partial charge in [0.2, 0.25) is 0 Å². The van der Waals surface area contributed by atoms with E-state index in [-0.39, 0.29) is 4.90 Å². The minimum absolute atomic E-state index is 0.245. The number of rotatable bonds is 4. The Kier molecular flexibility index (Phi) is 4.13. The fraction of sp³-hybridized carbons (Fsp3) is 0.250. The number of thiazole rings is 1. The maximum Gasteiger partial charge on any atom is 0.175 e. The van der Waals surface area contributed by atoms with Gasteiger partial charge in [-0.2, -0.15) is 0 Å². The summed E-state index contributed by atoms with van der Waals surface area (Å²) in [7, 11) is -3.23. The highest BCUT2D eigenvalue weighted by atomic mass is 35.5. The maximum atomic E-state index is 11.5. The number of anilines is 1. The summed E-state index contributed by atoms with van der Waals surface area (Å²) in [5, 5.41) is 6.49. The van der Waals surface area contributed by atoms with E-state index in [1.807, 2.05) is 12.3 Å². The van der Waals surface area contributed by atoms with Crippen molar-refractivity contribution in [3.63, 3.8) is 0 Å². The Bertz CT molecular complexity index is 696. The Morgan fingerprint density at radius 2 is 2.16 bits per heavy atom. The first kappa shape index (κ1) is 14.3. The van der Waals surface area contributed by atoms with Gasteiger partial charge in [-0.15, -0.1) is 11.3 Å². The summed E-state index contributed by atoms with van der Waals surface area (Å²) < 4.78 is 23.0. The van der Waals surface area contributed by atoms with Crippen LogP contribution in [0.3, 0.4) is 0 Å². The van der Waals surface area contributed by atoms with Crippen LogP contribution >= 0.6 is 22.9 Å². The summed E-state index contributed by atoms with van der Waals surface area (Å²) >= 11 is 7.59. The van der Waals surface area contributed by atoms with Crippen LogP contribution in [0.15, 0.2) is 28.5 Å². The Hall–Kier alpha value is -1.11. The lowest BCUT2D eigenvalue weighted by atomic mass is 10.3. The summed E-state index contributed by atoms with van der Waals surface area (Å²) in [6.07, 6.45) is 1.17. The fourth-order valence-corrected chi connectivity index (χ4v) is 3.07. The largest absolute Gasteiger partial charge is 0.377 e. The lowest BCUT2D eigenvalue weighted by Crippen LogP contribution is -2.02. The molecular weight excluding hydrogens is 304 g/mol. The molecule has 1 aromatic carbocycles. The van der Waals surface area contributed by atoms with E-state index < -0.39 is 9.84 Å². The third-order valence-corrected chi connectivity index (χ3v) is 4.87. The average molecular weight is 317 g/mol. The van der Waals surface area contributed by atoms with Gasteiger partial charge in [0.1, 0.15) is 5.01 Å². The van der Waals surface area contributed by atoms with E-state index in [0.717, 1.165) is 10.7 Å². The van der Waals surface area contributed by atoms with E-state index in [0.29, 0.717) is 17.3 Å². The first-order chi connectivity index (χ1) is 8.86. The molecule has 0 aliphatic carbocycles. The van der Waals surface area contributed by atoms with Gasteiger partial charge in [-0.1, -0.05) is 11.6 Å². The van der Waals surface area contributed by atoms with Crippen molar-refractivity contribution in [3.05, 3.63) is 39.3 Å². The number of nitrogens with zero attached hydrogens (tertiary/aromatic N) is 1. The van der Waals surface area contributed by atoms with Gasteiger partial charge in [-0.3, -0.25) is 0 Å². The molecule has 0 radical (unpaired) electrons. The molecule has 19 heavy (non-hydrogen) atoms. The second-order valence-electron chi connectivity index (χ2n) is 4.15. The minimum atomic E-state index is -3.23. The zero-order valence-corrected chi connectivity index (χ0v) is 12.9. The molecule has 0 atom stereocenters. The van der Waals surface area contributed by atoms with Crippen molar-refractivity contribution in [1.82, 2.24) is 4.98 Å². The zero-order chi connectivity index (χ0) is 14.0. The van der Waals surface area contributed by atoms with Gasteiger partial charge in [-0.25, -0.2) is 13.4 Å². The van der Waals surface area contributed by atoms with Gasteiger partial charge in [0.15, 0.2) is 9.84 Å². The summed E-state index contributed by atoms with van der Waals surface area (Å²) in [4.78, 5) is 4.57. The lowest BCUT2D eigenvalue weighted by Gasteiger charge is -2.08. The van der Waals surface area contributed by atoms with Gasteiger partial charge in [-0.05, 0) is 25.1 Å². The number of benzene rings is 1. The molecule has 102 valence electrons. The third-order valence-electron chi connectivity index (χ3n) is 2.46. The number of halogens is 1. The maximum absolute atomic E-state index is 11.5. The number of hydrogen-bond donors (Lipinski definition) is 1. The second kappa shape index (κ2) is 5.48.